The number of aromatic nitrogens is 1. The number of nitrogens with one attached hydrogen (secondary N) is 1. The summed E-state index contributed by atoms with van der Waals surface area (Å²) in [5.41, 5.74) is 1.28. The Kier molecular flexibility index (Phi) is 2.33. The van der Waals surface area contributed by atoms with Gasteiger partial charge in [-0.25, -0.2) is 0 Å². The van der Waals surface area contributed by atoms with Crippen LogP contribution in [-0.2, 0) is 0 Å². The molecule has 1 N–H and O–H groups in total. The lowest BCUT2D eigenvalue weighted by atomic mass is 9.93. The monoisotopic (exact) mass is 203 g/mol. The van der Waals surface area contributed by atoms with Gasteiger partial charge in [-0.3, -0.25) is 4.98 Å². The van der Waals surface area contributed by atoms with Crippen molar-refractivity contribution < 1.29 is 0 Å². The van der Waals surface area contributed by atoms with Crippen LogP contribution in [0, 0.1) is 5.92 Å². The molecule has 3 rings (SSSR count). The minimum atomic E-state index is 0.776. The van der Waals surface area contributed by atoms with E-state index < -0.39 is 0 Å². The van der Waals surface area contributed by atoms with Gasteiger partial charge in [0.05, 0.1) is 11.9 Å². The summed E-state index contributed by atoms with van der Waals surface area (Å²) in [6, 6.07) is 4.96. The van der Waals surface area contributed by atoms with Crippen molar-refractivity contribution >= 4 is 5.69 Å². The highest BCUT2D eigenvalue weighted by molar-refractivity contribution is 5.44. The second-order valence-corrected chi connectivity index (χ2v) is 4.56. The Labute approximate surface area is 90.5 Å². The van der Waals surface area contributed by atoms with Crippen LogP contribution in [0.5, 0.6) is 0 Å². The molecule has 3 heteroatoms. The van der Waals surface area contributed by atoms with Gasteiger partial charge >= 0.3 is 0 Å². The predicted octanol–water partition coefficient (Wildman–Crippen LogP) is 1.27. The zero-order chi connectivity index (χ0) is 10.1. The summed E-state index contributed by atoms with van der Waals surface area (Å²) >= 11 is 0. The fraction of sp³-hybridized carbons (Fsp3) is 0.583. The number of nitrogens with zero attached hydrogens (tertiary/aromatic N) is 2. The van der Waals surface area contributed by atoms with Crippen molar-refractivity contribution in [3.05, 3.63) is 24.5 Å². The Balaban J connectivity index is 1.74. The second kappa shape index (κ2) is 3.81. The van der Waals surface area contributed by atoms with E-state index in [0.717, 1.165) is 12.0 Å². The fourth-order valence-electron chi connectivity index (χ4n) is 2.82. The molecule has 2 aliphatic rings. The SMILES string of the molecule is c1cncc(N2CC[C@@H]3NCC[C@@H]3C2)c1. The molecule has 0 spiro atoms. The third-order valence-corrected chi connectivity index (χ3v) is 3.67. The lowest BCUT2D eigenvalue weighted by Crippen LogP contribution is -2.44. The maximum atomic E-state index is 4.19. The van der Waals surface area contributed by atoms with Gasteiger partial charge in [0.25, 0.3) is 0 Å². The Morgan fingerprint density at radius 3 is 3.27 bits per heavy atom. The molecule has 0 unspecified atom stereocenters. The van der Waals surface area contributed by atoms with Crippen molar-refractivity contribution in [1.82, 2.24) is 10.3 Å². The third-order valence-electron chi connectivity index (χ3n) is 3.67. The molecule has 3 nitrogen and oxygen atoms in total. The summed E-state index contributed by atoms with van der Waals surface area (Å²) in [6.45, 7) is 3.57. The van der Waals surface area contributed by atoms with E-state index in [0.29, 0.717) is 0 Å². The van der Waals surface area contributed by atoms with Gasteiger partial charge in [0, 0.05) is 25.3 Å². The molecule has 0 bridgehead atoms. The summed E-state index contributed by atoms with van der Waals surface area (Å²) in [6.07, 6.45) is 6.43. The predicted molar refractivity (Wildman–Crippen MR) is 61.0 cm³/mol. The minimum absolute atomic E-state index is 0.776. The van der Waals surface area contributed by atoms with Crippen LogP contribution in [0.2, 0.25) is 0 Å². The maximum Gasteiger partial charge on any atom is 0.0552 e. The topological polar surface area (TPSA) is 28.2 Å². The standard InChI is InChI=1S/C12H17N3/c1-2-11(8-13-5-1)15-7-4-12-10(9-15)3-6-14-12/h1-2,5,8,10,12,14H,3-4,6-7,9H2/t10-,12+/m1/s1. The molecular weight excluding hydrogens is 186 g/mol. The lowest BCUT2D eigenvalue weighted by Gasteiger charge is -2.36. The first-order valence-electron chi connectivity index (χ1n) is 5.82. The summed E-state index contributed by atoms with van der Waals surface area (Å²) in [5.74, 6) is 0.846. The molecule has 1 aromatic rings. The molecule has 0 saturated carbocycles. The molecule has 0 amide bonds. The van der Waals surface area contributed by atoms with E-state index in [1.165, 1.54) is 38.2 Å². The molecule has 0 aromatic carbocycles. The molecule has 2 saturated heterocycles. The van der Waals surface area contributed by atoms with Gasteiger partial charge in [0.15, 0.2) is 0 Å². The van der Waals surface area contributed by atoms with E-state index >= 15 is 0 Å². The van der Waals surface area contributed by atoms with E-state index in [1.54, 1.807) is 0 Å². The molecule has 0 aliphatic carbocycles. The van der Waals surface area contributed by atoms with Crippen molar-refractivity contribution in [2.24, 2.45) is 5.92 Å². The molecule has 3 heterocycles. The fourth-order valence-corrected chi connectivity index (χ4v) is 2.82. The van der Waals surface area contributed by atoms with E-state index in [-0.39, 0.29) is 0 Å². The highest BCUT2D eigenvalue weighted by atomic mass is 15.2. The van der Waals surface area contributed by atoms with Crippen LogP contribution in [0.15, 0.2) is 24.5 Å². The van der Waals surface area contributed by atoms with Crippen LogP contribution in [0.25, 0.3) is 0 Å². The van der Waals surface area contributed by atoms with Gasteiger partial charge in [0.2, 0.25) is 0 Å². The molecule has 2 atom stereocenters. The molecule has 0 radical (unpaired) electrons. The zero-order valence-electron chi connectivity index (χ0n) is 8.89. The Hall–Kier alpha value is -1.09. The largest absolute Gasteiger partial charge is 0.370 e. The van der Waals surface area contributed by atoms with Gasteiger partial charge in [-0.15, -0.1) is 0 Å². The van der Waals surface area contributed by atoms with Crippen molar-refractivity contribution in [3.63, 3.8) is 0 Å². The van der Waals surface area contributed by atoms with Gasteiger partial charge in [-0.1, -0.05) is 0 Å². The molecule has 80 valence electrons. The summed E-state index contributed by atoms with van der Waals surface area (Å²) < 4.78 is 0. The molecule has 15 heavy (non-hydrogen) atoms. The third kappa shape index (κ3) is 1.72. The number of fused-ring (bicyclic) bond motifs is 1. The van der Waals surface area contributed by atoms with Crippen molar-refractivity contribution in [2.75, 3.05) is 24.5 Å². The van der Waals surface area contributed by atoms with Gasteiger partial charge in [0.1, 0.15) is 0 Å². The van der Waals surface area contributed by atoms with Crippen molar-refractivity contribution in [1.29, 1.82) is 0 Å². The van der Waals surface area contributed by atoms with Gasteiger partial charge < -0.3 is 10.2 Å². The van der Waals surface area contributed by atoms with Crippen LogP contribution in [0.1, 0.15) is 12.8 Å². The van der Waals surface area contributed by atoms with E-state index in [1.807, 2.05) is 18.5 Å². The first-order chi connectivity index (χ1) is 7.43. The number of piperidine rings is 1. The van der Waals surface area contributed by atoms with E-state index in [4.69, 9.17) is 0 Å². The van der Waals surface area contributed by atoms with Crippen molar-refractivity contribution in [3.8, 4) is 0 Å². The molecule has 1 aromatic heterocycles. The zero-order valence-corrected chi connectivity index (χ0v) is 8.89. The Morgan fingerprint density at radius 1 is 1.40 bits per heavy atom. The first-order valence-corrected chi connectivity index (χ1v) is 5.82. The van der Waals surface area contributed by atoms with Crippen LogP contribution in [0.3, 0.4) is 0 Å². The number of hydrogen-bond acceptors (Lipinski definition) is 3. The lowest BCUT2D eigenvalue weighted by molar-refractivity contribution is 0.376. The molecule has 2 aliphatic heterocycles. The first kappa shape index (κ1) is 9.16. The Bertz CT molecular complexity index is 325. The van der Waals surface area contributed by atoms with Crippen molar-refractivity contribution in [2.45, 2.75) is 18.9 Å². The summed E-state index contributed by atoms with van der Waals surface area (Å²) in [5, 5.41) is 3.59. The van der Waals surface area contributed by atoms with E-state index in [9.17, 15) is 0 Å². The maximum absolute atomic E-state index is 4.19. The average molecular weight is 203 g/mol. The van der Waals surface area contributed by atoms with Crippen LogP contribution >= 0.6 is 0 Å². The second-order valence-electron chi connectivity index (χ2n) is 4.56. The average Bonchev–Trinajstić information content (AvgIpc) is 2.77. The highest BCUT2D eigenvalue weighted by Crippen LogP contribution is 2.27. The highest BCUT2D eigenvalue weighted by Gasteiger charge is 2.32. The van der Waals surface area contributed by atoms with Gasteiger partial charge in [-0.2, -0.15) is 0 Å². The molecule has 2 fully saturated rings. The molecular formula is C12H17N3. The summed E-state index contributed by atoms with van der Waals surface area (Å²) in [4.78, 5) is 6.66. The number of rotatable bonds is 1. The van der Waals surface area contributed by atoms with Crippen LogP contribution in [0.4, 0.5) is 5.69 Å². The quantitative estimate of drug-likeness (QED) is 0.745. The number of pyridine rings is 1. The number of hydrogen-bond donors (Lipinski definition) is 1. The minimum Gasteiger partial charge on any atom is -0.370 e. The van der Waals surface area contributed by atoms with E-state index in [2.05, 4.69) is 21.3 Å². The summed E-state index contributed by atoms with van der Waals surface area (Å²) in [7, 11) is 0. The number of anilines is 1. The normalized spacial score (nSPS) is 30.3. The van der Waals surface area contributed by atoms with Gasteiger partial charge in [-0.05, 0) is 37.4 Å². The Morgan fingerprint density at radius 2 is 2.40 bits per heavy atom. The van der Waals surface area contributed by atoms with Crippen LogP contribution in [-0.4, -0.2) is 30.7 Å². The van der Waals surface area contributed by atoms with Crippen LogP contribution < -0.4 is 10.2 Å². The smallest absolute Gasteiger partial charge is 0.0552 e.